The van der Waals surface area contributed by atoms with Crippen LogP contribution in [0.3, 0.4) is 0 Å². The first-order valence-corrected chi connectivity index (χ1v) is 11.6. The van der Waals surface area contributed by atoms with E-state index in [9.17, 15) is 18.0 Å². The molecule has 1 saturated heterocycles. The summed E-state index contributed by atoms with van der Waals surface area (Å²) in [5, 5.41) is 2.61. The standard InChI is InChI=1S/C26H28F3N5O2/c1-17-7-8-21(13-18(17)2)33-9-11-34(12-10-33)25-31-16-22(24(32-25)36-3)23(35)30-15-19-5-4-6-20(14-19)26(27,28)29/h4-8,13-14,16H,9-12,15H2,1-3H3,(H,30,35). The first-order valence-electron chi connectivity index (χ1n) is 11.6. The zero-order valence-corrected chi connectivity index (χ0v) is 20.4. The van der Waals surface area contributed by atoms with E-state index in [4.69, 9.17) is 4.74 Å². The van der Waals surface area contributed by atoms with Crippen LogP contribution in [0.5, 0.6) is 5.88 Å². The van der Waals surface area contributed by atoms with Gasteiger partial charge in [-0.25, -0.2) is 4.98 Å². The molecule has 3 aromatic rings. The van der Waals surface area contributed by atoms with Gasteiger partial charge in [-0.15, -0.1) is 0 Å². The molecule has 190 valence electrons. The van der Waals surface area contributed by atoms with E-state index in [-0.39, 0.29) is 18.0 Å². The molecule has 0 aliphatic carbocycles. The van der Waals surface area contributed by atoms with E-state index in [1.54, 1.807) is 0 Å². The van der Waals surface area contributed by atoms with Gasteiger partial charge in [0.15, 0.2) is 0 Å². The minimum atomic E-state index is -4.45. The highest BCUT2D eigenvalue weighted by molar-refractivity contribution is 5.96. The molecule has 1 amide bonds. The van der Waals surface area contributed by atoms with Crippen LogP contribution in [0, 0.1) is 13.8 Å². The fraction of sp³-hybridized carbons (Fsp3) is 0.346. The summed E-state index contributed by atoms with van der Waals surface area (Å²) in [5.41, 5.74) is 3.38. The summed E-state index contributed by atoms with van der Waals surface area (Å²) in [6.07, 6.45) is -3.06. The number of ether oxygens (including phenoxy) is 1. The summed E-state index contributed by atoms with van der Waals surface area (Å²) in [7, 11) is 1.41. The van der Waals surface area contributed by atoms with E-state index >= 15 is 0 Å². The van der Waals surface area contributed by atoms with E-state index in [2.05, 4.69) is 52.2 Å². The maximum atomic E-state index is 12.9. The number of methoxy groups -OCH3 is 1. The molecule has 2 aromatic carbocycles. The molecule has 1 aromatic heterocycles. The Labute approximate surface area is 207 Å². The number of hydrogen-bond acceptors (Lipinski definition) is 6. The Morgan fingerprint density at radius 3 is 2.42 bits per heavy atom. The number of nitrogens with one attached hydrogen (secondary N) is 1. The van der Waals surface area contributed by atoms with Gasteiger partial charge in [0.25, 0.3) is 5.91 Å². The van der Waals surface area contributed by atoms with Gasteiger partial charge in [0.2, 0.25) is 11.8 Å². The first kappa shape index (κ1) is 25.3. The number of aromatic nitrogens is 2. The number of alkyl halides is 3. The molecule has 1 aliphatic heterocycles. The van der Waals surface area contributed by atoms with E-state index in [1.165, 1.54) is 42.3 Å². The number of carbonyl (C=O) groups excluding carboxylic acids is 1. The lowest BCUT2D eigenvalue weighted by molar-refractivity contribution is -0.137. The average Bonchev–Trinajstić information content (AvgIpc) is 2.88. The summed E-state index contributed by atoms with van der Waals surface area (Å²) in [6, 6.07) is 11.3. The predicted molar refractivity (Wildman–Crippen MR) is 132 cm³/mol. The Morgan fingerprint density at radius 1 is 1.03 bits per heavy atom. The molecule has 0 bridgehead atoms. The summed E-state index contributed by atoms with van der Waals surface area (Å²) in [5.74, 6) is 0.0366. The third-order valence-electron chi connectivity index (χ3n) is 6.30. The van der Waals surface area contributed by atoms with E-state index in [1.807, 2.05) is 4.90 Å². The van der Waals surface area contributed by atoms with Gasteiger partial charge in [0.05, 0.1) is 12.7 Å². The molecule has 0 atom stereocenters. The molecule has 36 heavy (non-hydrogen) atoms. The van der Waals surface area contributed by atoms with Gasteiger partial charge >= 0.3 is 6.18 Å². The molecule has 2 heterocycles. The van der Waals surface area contributed by atoms with Crippen molar-refractivity contribution in [1.82, 2.24) is 15.3 Å². The van der Waals surface area contributed by atoms with Crippen LogP contribution in [0.4, 0.5) is 24.8 Å². The van der Waals surface area contributed by atoms with Gasteiger partial charge in [0, 0.05) is 44.6 Å². The number of rotatable bonds is 6. The minimum absolute atomic E-state index is 0.0753. The normalized spacial score (nSPS) is 14.1. The van der Waals surface area contributed by atoms with Crippen molar-refractivity contribution in [3.05, 3.63) is 76.5 Å². The molecule has 1 N–H and O–H groups in total. The van der Waals surface area contributed by atoms with Crippen molar-refractivity contribution < 1.29 is 22.7 Å². The SMILES string of the molecule is COc1nc(N2CCN(c3ccc(C)c(C)c3)CC2)ncc1C(=O)NCc1cccc(C(F)(F)F)c1. The largest absolute Gasteiger partial charge is 0.480 e. The van der Waals surface area contributed by atoms with Gasteiger partial charge in [-0.2, -0.15) is 18.2 Å². The summed E-state index contributed by atoms with van der Waals surface area (Å²) in [4.78, 5) is 25.8. The number of carbonyl (C=O) groups is 1. The number of amides is 1. The zero-order chi connectivity index (χ0) is 25.9. The first-order chi connectivity index (χ1) is 17.2. The maximum Gasteiger partial charge on any atom is 0.416 e. The number of benzene rings is 2. The fourth-order valence-corrected chi connectivity index (χ4v) is 4.04. The van der Waals surface area contributed by atoms with Crippen LogP contribution < -0.4 is 19.9 Å². The van der Waals surface area contributed by atoms with Gasteiger partial charge in [0.1, 0.15) is 5.56 Å². The molecule has 0 saturated carbocycles. The van der Waals surface area contributed by atoms with Crippen molar-refractivity contribution in [3.8, 4) is 5.88 Å². The number of hydrogen-bond donors (Lipinski definition) is 1. The molecule has 1 aliphatic rings. The Balaban J connectivity index is 1.40. The van der Waals surface area contributed by atoms with Gasteiger partial charge in [-0.1, -0.05) is 18.2 Å². The highest BCUT2D eigenvalue weighted by Crippen LogP contribution is 2.29. The second-order valence-electron chi connectivity index (χ2n) is 8.72. The molecule has 0 unspecified atom stereocenters. The third-order valence-corrected chi connectivity index (χ3v) is 6.30. The number of anilines is 2. The van der Waals surface area contributed by atoms with Crippen LogP contribution in [0.15, 0.2) is 48.7 Å². The van der Waals surface area contributed by atoms with Crippen LogP contribution in [0.2, 0.25) is 0 Å². The monoisotopic (exact) mass is 499 g/mol. The van der Waals surface area contributed by atoms with E-state index < -0.39 is 17.6 Å². The van der Waals surface area contributed by atoms with Crippen molar-refractivity contribution in [2.45, 2.75) is 26.6 Å². The molecular weight excluding hydrogens is 471 g/mol. The zero-order valence-electron chi connectivity index (χ0n) is 20.4. The Bertz CT molecular complexity index is 1240. The van der Waals surface area contributed by atoms with Crippen molar-refractivity contribution >= 4 is 17.5 Å². The highest BCUT2D eigenvalue weighted by Gasteiger charge is 2.30. The quantitative estimate of drug-likeness (QED) is 0.543. The van der Waals surface area contributed by atoms with Gasteiger partial charge < -0.3 is 19.9 Å². The Morgan fingerprint density at radius 2 is 1.75 bits per heavy atom. The van der Waals surface area contributed by atoms with Crippen LogP contribution in [0.1, 0.15) is 32.6 Å². The van der Waals surface area contributed by atoms with E-state index in [0.29, 0.717) is 24.6 Å². The number of aryl methyl sites for hydroxylation is 2. The molecule has 1 fully saturated rings. The van der Waals surface area contributed by atoms with Crippen LogP contribution in [-0.2, 0) is 12.7 Å². The summed E-state index contributed by atoms with van der Waals surface area (Å²) >= 11 is 0. The van der Waals surface area contributed by atoms with Gasteiger partial charge in [-0.05, 0) is 54.8 Å². The second kappa shape index (κ2) is 10.4. The molecule has 7 nitrogen and oxygen atoms in total. The number of halogens is 3. The highest BCUT2D eigenvalue weighted by atomic mass is 19.4. The van der Waals surface area contributed by atoms with Crippen molar-refractivity contribution in [2.75, 3.05) is 43.1 Å². The maximum absolute atomic E-state index is 12.9. The average molecular weight is 500 g/mol. The summed E-state index contributed by atoms with van der Waals surface area (Å²) in [6.45, 7) is 7.13. The lowest BCUT2D eigenvalue weighted by atomic mass is 10.1. The van der Waals surface area contributed by atoms with Crippen molar-refractivity contribution in [2.24, 2.45) is 0 Å². The van der Waals surface area contributed by atoms with Crippen LogP contribution >= 0.6 is 0 Å². The third kappa shape index (κ3) is 5.69. The number of piperazine rings is 1. The molecule has 0 radical (unpaired) electrons. The lowest BCUT2D eigenvalue weighted by Gasteiger charge is -2.36. The van der Waals surface area contributed by atoms with Crippen LogP contribution in [-0.4, -0.2) is 49.2 Å². The van der Waals surface area contributed by atoms with Gasteiger partial charge in [-0.3, -0.25) is 4.79 Å². The Hall–Kier alpha value is -3.82. The molecule has 10 heteroatoms. The summed E-state index contributed by atoms with van der Waals surface area (Å²) < 4.78 is 44.1. The molecule has 4 rings (SSSR count). The Kier molecular flexibility index (Phi) is 7.32. The predicted octanol–water partition coefficient (Wildman–Crippen LogP) is 4.38. The fourth-order valence-electron chi connectivity index (χ4n) is 4.04. The minimum Gasteiger partial charge on any atom is -0.480 e. The number of nitrogens with zero attached hydrogens (tertiary/aromatic N) is 4. The van der Waals surface area contributed by atoms with E-state index in [0.717, 1.165) is 25.2 Å². The van der Waals surface area contributed by atoms with Crippen molar-refractivity contribution in [1.29, 1.82) is 0 Å². The topological polar surface area (TPSA) is 70.6 Å². The molecular formula is C26H28F3N5O2. The van der Waals surface area contributed by atoms with Crippen LogP contribution in [0.25, 0.3) is 0 Å². The smallest absolute Gasteiger partial charge is 0.416 e. The van der Waals surface area contributed by atoms with Crippen molar-refractivity contribution in [3.63, 3.8) is 0 Å². The second-order valence-corrected chi connectivity index (χ2v) is 8.72. The molecule has 0 spiro atoms. The lowest BCUT2D eigenvalue weighted by Crippen LogP contribution is -2.47.